The second-order valence-electron chi connectivity index (χ2n) is 9.71. The van der Waals surface area contributed by atoms with E-state index in [9.17, 15) is 27.6 Å². The minimum absolute atomic E-state index is 0.0564. The second kappa shape index (κ2) is 11.4. The molecule has 0 radical (unpaired) electrons. The second-order valence-corrected chi connectivity index (χ2v) is 9.71. The van der Waals surface area contributed by atoms with Gasteiger partial charge >= 0.3 is 6.36 Å². The number of amides is 2. The van der Waals surface area contributed by atoms with Crippen LogP contribution >= 0.6 is 0 Å². The number of nitrogens with one attached hydrogen (secondary N) is 1. The highest BCUT2D eigenvalue weighted by Gasteiger charge is 2.46. The Morgan fingerprint density at radius 1 is 1.05 bits per heavy atom. The lowest BCUT2D eigenvalue weighted by molar-refractivity contribution is -0.274. The van der Waals surface area contributed by atoms with Crippen molar-refractivity contribution in [2.24, 2.45) is 0 Å². The lowest BCUT2D eigenvalue weighted by atomic mass is 9.92. The molecule has 9 nitrogen and oxygen atoms in total. The minimum Gasteiger partial charge on any atom is -0.497 e. The maximum Gasteiger partial charge on any atom is 0.573 e. The minimum atomic E-state index is -4.94. The van der Waals surface area contributed by atoms with Crippen LogP contribution in [0.15, 0.2) is 59.5 Å². The van der Waals surface area contributed by atoms with Crippen LogP contribution < -0.4 is 25.2 Å². The predicted molar refractivity (Wildman–Crippen MR) is 138 cm³/mol. The van der Waals surface area contributed by atoms with E-state index in [-0.39, 0.29) is 29.6 Å². The fraction of sp³-hybridized carbons (Fsp3) is 0.321. The molecular weight excluding hydrogens is 569 g/mol. The van der Waals surface area contributed by atoms with E-state index < -0.39 is 58.6 Å². The fourth-order valence-corrected chi connectivity index (χ4v) is 5.17. The van der Waals surface area contributed by atoms with Crippen molar-refractivity contribution in [1.29, 1.82) is 0 Å². The summed E-state index contributed by atoms with van der Waals surface area (Å²) in [5, 5.41) is 2.45. The average molecular weight is 594 g/mol. The van der Waals surface area contributed by atoms with E-state index in [0.29, 0.717) is 19.6 Å². The molecule has 2 amide bonds. The Balaban J connectivity index is 1.50. The van der Waals surface area contributed by atoms with Gasteiger partial charge in [0.25, 0.3) is 11.5 Å². The predicted octanol–water partition coefficient (Wildman–Crippen LogP) is 3.92. The number of aromatic nitrogens is 1. The number of rotatable bonds is 7. The number of nitrogens with zero attached hydrogens (tertiary/aromatic N) is 2. The highest BCUT2D eigenvalue weighted by molar-refractivity contribution is 6.05. The molecule has 0 bridgehead atoms. The number of ether oxygens (including phenoxy) is 3. The van der Waals surface area contributed by atoms with Gasteiger partial charge in [0.15, 0.2) is 0 Å². The molecule has 14 heteroatoms. The van der Waals surface area contributed by atoms with Gasteiger partial charge < -0.3 is 29.0 Å². The Kier molecular flexibility index (Phi) is 7.91. The number of halogens is 5. The van der Waals surface area contributed by atoms with Crippen LogP contribution in [0.4, 0.5) is 27.6 Å². The number of hydrogen-bond acceptors (Lipinski definition) is 6. The van der Waals surface area contributed by atoms with Gasteiger partial charge in [0.1, 0.15) is 34.9 Å². The lowest BCUT2D eigenvalue weighted by Crippen LogP contribution is -2.44. The highest BCUT2D eigenvalue weighted by Crippen LogP contribution is 2.36. The van der Waals surface area contributed by atoms with Gasteiger partial charge in [0.2, 0.25) is 5.91 Å². The molecule has 3 aromatic rings. The molecule has 2 aliphatic heterocycles. The zero-order valence-electron chi connectivity index (χ0n) is 22.0. The molecule has 2 saturated heterocycles. The van der Waals surface area contributed by atoms with Crippen molar-refractivity contribution in [2.45, 2.75) is 30.8 Å². The third-order valence-electron chi connectivity index (χ3n) is 7.15. The van der Waals surface area contributed by atoms with Crippen molar-refractivity contribution in [3.63, 3.8) is 0 Å². The summed E-state index contributed by atoms with van der Waals surface area (Å²) in [5.41, 5.74) is -1.23. The number of carbonyl (C=O) groups excluding carboxylic acids is 2. The zero-order valence-corrected chi connectivity index (χ0v) is 22.0. The molecule has 2 aliphatic rings. The molecule has 1 unspecified atom stereocenters. The van der Waals surface area contributed by atoms with E-state index in [0.717, 1.165) is 41.3 Å². The van der Waals surface area contributed by atoms with Crippen molar-refractivity contribution < 1.29 is 45.8 Å². The molecule has 0 aliphatic carbocycles. The van der Waals surface area contributed by atoms with Gasteiger partial charge in [0, 0.05) is 48.5 Å². The van der Waals surface area contributed by atoms with Crippen LogP contribution in [0.25, 0.3) is 0 Å². The molecule has 5 rings (SSSR count). The molecule has 2 fully saturated rings. The standard InChI is InChI=1S/C28H24F5N3O6/c1-40-18-11-20(29)23(21(30)12-18)19-13-36(22-3-2-9-35(26(22)38)16-8-10-41-14-16)27(39)24(19)34-25(37)15-4-6-17(7-5-15)42-28(31,32)33/h2-7,9,11-12,16,19,24H,8,10,13-14H2,1H3,(H,34,37)/t16?,19-,24-/m0/s1. The van der Waals surface area contributed by atoms with Gasteiger partial charge in [-0.3, -0.25) is 14.4 Å². The number of benzene rings is 2. The van der Waals surface area contributed by atoms with Crippen molar-refractivity contribution in [3.05, 3.63) is 87.8 Å². The van der Waals surface area contributed by atoms with Crippen LogP contribution in [0, 0.1) is 11.6 Å². The number of pyridine rings is 1. The molecule has 1 N–H and O–H groups in total. The van der Waals surface area contributed by atoms with Gasteiger partial charge in [-0.2, -0.15) is 0 Å². The number of methoxy groups -OCH3 is 1. The van der Waals surface area contributed by atoms with Gasteiger partial charge in [-0.25, -0.2) is 8.78 Å². The number of hydrogen-bond donors (Lipinski definition) is 1. The average Bonchev–Trinajstić information content (AvgIpc) is 3.57. The molecule has 0 saturated carbocycles. The summed E-state index contributed by atoms with van der Waals surface area (Å²) in [4.78, 5) is 41.3. The summed E-state index contributed by atoms with van der Waals surface area (Å²) in [6.07, 6.45) is -2.81. The van der Waals surface area contributed by atoms with E-state index in [1.54, 1.807) is 12.3 Å². The normalized spacial score (nSPS) is 20.6. The summed E-state index contributed by atoms with van der Waals surface area (Å²) < 4.78 is 83.5. The Bertz CT molecular complexity index is 1530. The van der Waals surface area contributed by atoms with Crippen LogP contribution in [-0.2, 0) is 9.53 Å². The smallest absolute Gasteiger partial charge is 0.497 e. The zero-order chi connectivity index (χ0) is 30.2. The van der Waals surface area contributed by atoms with Crippen molar-refractivity contribution >= 4 is 17.5 Å². The maximum atomic E-state index is 15.2. The highest BCUT2D eigenvalue weighted by atomic mass is 19.4. The van der Waals surface area contributed by atoms with Crippen molar-refractivity contribution in [2.75, 3.05) is 31.8 Å². The first-order valence-corrected chi connectivity index (χ1v) is 12.8. The van der Waals surface area contributed by atoms with Crippen LogP contribution in [0.3, 0.4) is 0 Å². The monoisotopic (exact) mass is 593 g/mol. The first-order valence-electron chi connectivity index (χ1n) is 12.8. The van der Waals surface area contributed by atoms with Gasteiger partial charge in [-0.05, 0) is 42.8 Å². The first kappa shape index (κ1) is 29.0. The van der Waals surface area contributed by atoms with Crippen LogP contribution in [0.1, 0.15) is 34.3 Å². The largest absolute Gasteiger partial charge is 0.573 e. The molecule has 42 heavy (non-hydrogen) atoms. The Morgan fingerprint density at radius 3 is 2.33 bits per heavy atom. The van der Waals surface area contributed by atoms with Gasteiger partial charge in [-0.15, -0.1) is 13.2 Å². The van der Waals surface area contributed by atoms with Crippen LogP contribution in [-0.4, -0.2) is 55.7 Å². The summed E-state index contributed by atoms with van der Waals surface area (Å²) in [6.45, 7) is 0.399. The van der Waals surface area contributed by atoms with E-state index in [2.05, 4.69) is 10.1 Å². The Morgan fingerprint density at radius 2 is 1.74 bits per heavy atom. The molecule has 2 aromatic carbocycles. The van der Waals surface area contributed by atoms with E-state index in [4.69, 9.17) is 9.47 Å². The Hall–Kier alpha value is -4.46. The van der Waals surface area contributed by atoms with Crippen LogP contribution in [0.5, 0.6) is 11.5 Å². The summed E-state index contributed by atoms with van der Waals surface area (Å²) >= 11 is 0. The molecule has 0 spiro atoms. The summed E-state index contributed by atoms with van der Waals surface area (Å²) in [5.74, 6) is -5.75. The molecule has 222 valence electrons. The number of alkyl halides is 3. The molecule has 3 heterocycles. The van der Waals surface area contributed by atoms with E-state index >= 15 is 8.78 Å². The van der Waals surface area contributed by atoms with E-state index in [1.807, 2.05) is 0 Å². The van der Waals surface area contributed by atoms with Crippen molar-refractivity contribution in [3.8, 4) is 11.5 Å². The molecular formula is C28H24F5N3O6. The number of carbonyl (C=O) groups is 2. The summed E-state index contributed by atoms with van der Waals surface area (Å²) in [7, 11) is 1.22. The first-order chi connectivity index (χ1) is 20.0. The van der Waals surface area contributed by atoms with Gasteiger partial charge in [0.05, 0.1) is 19.8 Å². The maximum absolute atomic E-state index is 15.2. The third-order valence-corrected chi connectivity index (χ3v) is 7.15. The summed E-state index contributed by atoms with van der Waals surface area (Å²) in [6, 6.07) is 6.91. The number of anilines is 1. The SMILES string of the molecule is COc1cc(F)c([C@@H]2CN(c3cccn(C4CCOC4)c3=O)C(=O)[C@H]2NC(=O)c2ccc(OC(F)(F)F)cc2)c(F)c1. The topological polar surface area (TPSA) is 99.1 Å². The lowest BCUT2D eigenvalue weighted by Gasteiger charge is -2.20. The molecule has 3 atom stereocenters. The third kappa shape index (κ3) is 5.79. The van der Waals surface area contributed by atoms with Gasteiger partial charge in [-0.1, -0.05) is 0 Å². The van der Waals surface area contributed by atoms with Crippen LogP contribution in [0.2, 0.25) is 0 Å². The van der Waals surface area contributed by atoms with E-state index in [1.165, 1.54) is 17.7 Å². The quantitative estimate of drug-likeness (QED) is 0.417. The Labute approximate surface area is 235 Å². The fourth-order valence-electron chi connectivity index (χ4n) is 5.17. The molecule has 1 aromatic heterocycles. The van der Waals surface area contributed by atoms with Crippen molar-refractivity contribution in [1.82, 2.24) is 9.88 Å².